The summed E-state index contributed by atoms with van der Waals surface area (Å²) >= 11 is 0. The average molecular weight is 530 g/mol. The number of aryl methyl sites for hydroxylation is 1. The van der Waals surface area contributed by atoms with Gasteiger partial charge in [-0.15, -0.1) is 0 Å². The number of pyridine rings is 1. The number of methoxy groups -OCH3 is 1. The topological polar surface area (TPSA) is 114 Å². The van der Waals surface area contributed by atoms with E-state index < -0.39 is 11.8 Å². The molecule has 10 heteroatoms. The van der Waals surface area contributed by atoms with E-state index in [0.717, 1.165) is 43.0 Å². The van der Waals surface area contributed by atoms with Crippen LogP contribution < -0.4 is 9.47 Å². The summed E-state index contributed by atoms with van der Waals surface area (Å²) in [7, 11) is 3.40. The molecular weight excluding hydrogens is 501 g/mol. The SMILES string of the molecule is COc1cc(C(=O)O)cc2c1nc(CN1CCC(c3cccc(OCc4ccc(C#N)cc4F)n3)CC1)n2C. The Balaban J connectivity index is 1.22. The zero-order chi connectivity index (χ0) is 27.5. The first kappa shape index (κ1) is 26.1. The quantitative estimate of drug-likeness (QED) is 0.351. The molecule has 5 rings (SSSR count). The van der Waals surface area contributed by atoms with Crippen molar-refractivity contribution >= 4 is 17.0 Å². The van der Waals surface area contributed by atoms with Crippen LogP contribution in [0.25, 0.3) is 11.0 Å². The van der Waals surface area contributed by atoms with Crippen LogP contribution >= 0.6 is 0 Å². The Bertz CT molecular complexity index is 1570. The summed E-state index contributed by atoms with van der Waals surface area (Å²) in [6.07, 6.45) is 1.83. The van der Waals surface area contributed by atoms with Gasteiger partial charge in [0.15, 0.2) is 0 Å². The summed E-state index contributed by atoms with van der Waals surface area (Å²) in [6.45, 7) is 2.38. The standard InChI is InChI=1S/C29H28FN5O4/c1-34-24-13-21(29(36)37)14-25(38-2)28(24)33-26(34)16-35-10-8-19(9-11-35)23-4-3-5-27(32-23)39-17-20-7-6-18(15-31)12-22(20)30/h3-7,12-14,19H,8-11,16-17H2,1-2H3,(H,36,37). The summed E-state index contributed by atoms with van der Waals surface area (Å²) in [5, 5.41) is 18.3. The number of carboxylic acids is 1. The lowest BCUT2D eigenvalue weighted by molar-refractivity contribution is 0.0696. The van der Waals surface area contributed by atoms with Gasteiger partial charge >= 0.3 is 5.97 Å². The van der Waals surface area contributed by atoms with Crippen molar-refractivity contribution in [3.05, 3.63) is 82.6 Å². The largest absolute Gasteiger partial charge is 0.494 e. The molecular formula is C29H28FN5O4. The molecule has 1 N–H and O–H groups in total. The van der Waals surface area contributed by atoms with Gasteiger partial charge in [0.05, 0.1) is 36.4 Å². The number of carboxylic acid groups (broad SMARTS) is 1. The minimum absolute atomic E-state index is 0.0310. The van der Waals surface area contributed by atoms with Gasteiger partial charge in [-0.05, 0) is 56.3 Å². The molecule has 4 aromatic rings. The highest BCUT2D eigenvalue weighted by Gasteiger charge is 2.24. The van der Waals surface area contributed by atoms with Crippen molar-refractivity contribution in [3.63, 3.8) is 0 Å². The Morgan fingerprint density at radius 2 is 1.97 bits per heavy atom. The molecule has 0 bridgehead atoms. The molecule has 9 nitrogen and oxygen atoms in total. The number of fused-ring (bicyclic) bond motifs is 1. The number of benzene rings is 2. The Morgan fingerprint density at radius 1 is 1.18 bits per heavy atom. The van der Waals surface area contributed by atoms with Crippen molar-refractivity contribution in [1.29, 1.82) is 5.26 Å². The van der Waals surface area contributed by atoms with Crippen molar-refractivity contribution in [2.75, 3.05) is 20.2 Å². The molecule has 0 radical (unpaired) electrons. The molecule has 0 aliphatic carbocycles. The number of rotatable bonds is 8. The summed E-state index contributed by atoms with van der Waals surface area (Å²) in [6, 6.07) is 15.0. The van der Waals surface area contributed by atoms with Crippen LogP contribution in [0.2, 0.25) is 0 Å². The highest BCUT2D eigenvalue weighted by atomic mass is 19.1. The van der Waals surface area contributed by atoms with E-state index in [0.29, 0.717) is 29.3 Å². The molecule has 1 aliphatic rings. The highest BCUT2D eigenvalue weighted by molar-refractivity contribution is 5.95. The van der Waals surface area contributed by atoms with Gasteiger partial charge in [0.1, 0.15) is 29.5 Å². The van der Waals surface area contributed by atoms with E-state index in [1.807, 2.05) is 29.8 Å². The van der Waals surface area contributed by atoms with Crippen molar-refractivity contribution in [2.24, 2.45) is 7.05 Å². The molecule has 2 aromatic carbocycles. The number of likely N-dealkylation sites (tertiary alicyclic amines) is 1. The normalized spacial score (nSPS) is 14.3. The number of imidazole rings is 1. The van der Waals surface area contributed by atoms with Gasteiger partial charge in [-0.3, -0.25) is 4.90 Å². The molecule has 1 aliphatic heterocycles. The Morgan fingerprint density at radius 3 is 2.67 bits per heavy atom. The van der Waals surface area contributed by atoms with Crippen LogP contribution in [0.1, 0.15) is 51.8 Å². The predicted molar refractivity (Wildman–Crippen MR) is 141 cm³/mol. The van der Waals surface area contributed by atoms with E-state index in [1.165, 1.54) is 19.2 Å². The summed E-state index contributed by atoms with van der Waals surface area (Å²) < 4.78 is 27.3. The summed E-state index contributed by atoms with van der Waals surface area (Å²) in [4.78, 5) is 23.3. The fourth-order valence-electron chi connectivity index (χ4n) is 4.94. The summed E-state index contributed by atoms with van der Waals surface area (Å²) in [5.41, 5.74) is 3.12. The molecule has 1 fully saturated rings. The van der Waals surface area contributed by atoms with Crippen LogP contribution in [0.3, 0.4) is 0 Å². The smallest absolute Gasteiger partial charge is 0.335 e. The second-order valence-electron chi connectivity index (χ2n) is 9.60. The molecule has 0 spiro atoms. The number of halogens is 1. The molecule has 0 unspecified atom stereocenters. The number of carbonyl (C=O) groups is 1. The highest BCUT2D eigenvalue weighted by Crippen LogP contribution is 2.31. The minimum Gasteiger partial charge on any atom is -0.494 e. The lowest BCUT2D eigenvalue weighted by Crippen LogP contribution is -2.33. The van der Waals surface area contributed by atoms with Crippen molar-refractivity contribution in [3.8, 4) is 17.7 Å². The zero-order valence-corrected chi connectivity index (χ0v) is 21.7. The van der Waals surface area contributed by atoms with Gasteiger partial charge in [-0.25, -0.2) is 19.2 Å². The second kappa shape index (κ2) is 11.1. The molecule has 0 amide bonds. The molecule has 200 valence electrons. The van der Waals surface area contributed by atoms with E-state index in [-0.39, 0.29) is 23.7 Å². The number of nitriles is 1. The maximum atomic E-state index is 14.2. The zero-order valence-electron chi connectivity index (χ0n) is 21.7. The first-order valence-corrected chi connectivity index (χ1v) is 12.6. The Labute approximate surface area is 225 Å². The van der Waals surface area contributed by atoms with Crippen LogP contribution in [0, 0.1) is 17.1 Å². The van der Waals surface area contributed by atoms with E-state index in [2.05, 4.69) is 9.88 Å². The molecule has 1 saturated heterocycles. The fraction of sp³-hybridized carbons (Fsp3) is 0.310. The third kappa shape index (κ3) is 5.54. The van der Waals surface area contributed by atoms with Crippen LogP contribution in [-0.2, 0) is 20.2 Å². The van der Waals surface area contributed by atoms with Crippen LogP contribution in [0.5, 0.6) is 11.6 Å². The maximum Gasteiger partial charge on any atom is 0.335 e. The Hall–Kier alpha value is -4.49. The number of nitrogens with zero attached hydrogens (tertiary/aromatic N) is 5. The van der Waals surface area contributed by atoms with Gasteiger partial charge in [-0.2, -0.15) is 5.26 Å². The number of hydrogen-bond donors (Lipinski definition) is 1. The summed E-state index contributed by atoms with van der Waals surface area (Å²) in [5.74, 6) is 0.514. The number of aromatic carboxylic acids is 1. The third-order valence-electron chi connectivity index (χ3n) is 7.18. The van der Waals surface area contributed by atoms with Crippen LogP contribution in [0.15, 0.2) is 48.5 Å². The minimum atomic E-state index is -1.01. The van der Waals surface area contributed by atoms with Gasteiger partial charge in [0, 0.05) is 30.3 Å². The van der Waals surface area contributed by atoms with Crippen molar-refractivity contribution in [1.82, 2.24) is 19.4 Å². The van der Waals surface area contributed by atoms with E-state index in [9.17, 15) is 14.3 Å². The van der Waals surface area contributed by atoms with E-state index in [4.69, 9.17) is 19.7 Å². The second-order valence-corrected chi connectivity index (χ2v) is 9.60. The van der Waals surface area contributed by atoms with E-state index in [1.54, 1.807) is 24.3 Å². The molecule has 0 saturated carbocycles. The monoisotopic (exact) mass is 529 g/mol. The van der Waals surface area contributed by atoms with Crippen molar-refractivity contribution < 1.29 is 23.8 Å². The first-order valence-electron chi connectivity index (χ1n) is 12.6. The average Bonchev–Trinajstić information content (AvgIpc) is 3.27. The first-order chi connectivity index (χ1) is 18.9. The van der Waals surface area contributed by atoms with Gasteiger partial charge in [0.2, 0.25) is 5.88 Å². The third-order valence-corrected chi connectivity index (χ3v) is 7.18. The van der Waals surface area contributed by atoms with Gasteiger partial charge in [-0.1, -0.05) is 12.1 Å². The number of aromatic nitrogens is 3. The van der Waals surface area contributed by atoms with Gasteiger partial charge < -0.3 is 19.1 Å². The molecule has 39 heavy (non-hydrogen) atoms. The molecule has 2 aromatic heterocycles. The predicted octanol–water partition coefficient (Wildman–Crippen LogP) is 4.64. The lowest BCUT2D eigenvalue weighted by atomic mass is 9.93. The number of ether oxygens (including phenoxy) is 2. The van der Waals surface area contributed by atoms with Gasteiger partial charge in [0.25, 0.3) is 0 Å². The van der Waals surface area contributed by atoms with Crippen molar-refractivity contribution in [2.45, 2.75) is 31.9 Å². The maximum absolute atomic E-state index is 14.2. The fourth-order valence-corrected chi connectivity index (χ4v) is 4.94. The lowest BCUT2D eigenvalue weighted by Gasteiger charge is -2.31. The number of hydrogen-bond acceptors (Lipinski definition) is 7. The molecule has 3 heterocycles. The molecule has 0 atom stereocenters. The Kier molecular flexibility index (Phi) is 7.43. The number of piperidine rings is 1. The van der Waals surface area contributed by atoms with E-state index >= 15 is 0 Å². The van der Waals surface area contributed by atoms with Crippen LogP contribution in [0.4, 0.5) is 4.39 Å². The van der Waals surface area contributed by atoms with Crippen LogP contribution in [-0.4, -0.2) is 50.7 Å².